The Morgan fingerprint density at radius 3 is 2.47 bits per heavy atom. The van der Waals surface area contributed by atoms with E-state index >= 15 is 0 Å². The van der Waals surface area contributed by atoms with Crippen LogP contribution < -0.4 is 11.1 Å². The van der Waals surface area contributed by atoms with Crippen LogP contribution in [0.4, 0.5) is 0 Å². The molecule has 1 amide bonds. The molecule has 0 spiro atoms. The summed E-state index contributed by atoms with van der Waals surface area (Å²) in [5.74, 6) is -0.120. The summed E-state index contributed by atoms with van der Waals surface area (Å²) in [5.41, 5.74) is 6.53. The Bertz CT molecular complexity index is 311. The molecule has 3 N–H and O–H groups in total. The molecule has 0 aliphatic rings. The van der Waals surface area contributed by atoms with Crippen molar-refractivity contribution >= 4 is 5.91 Å². The molecule has 1 rings (SSSR count). The van der Waals surface area contributed by atoms with Gasteiger partial charge in [-0.15, -0.1) is 0 Å². The van der Waals surface area contributed by atoms with Crippen molar-refractivity contribution in [3.8, 4) is 0 Å². The molecule has 0 aliphatic carbocycles. The SMILES string of the molecule is C[C@H](CN)C(=O)N[C@@H](C)c1ccccc1. The third kappa shape index (κ3) is 3.36. The van der Waals surface area contributed by atoms with Gasteiger partial charge < -0.3 is 11.1 Å². The fraction of sp³-hybridized carbons (Fsp3) is 0.417. The first-order chi connectivity index (χ1) is 7.15. The van der Waals surface area contributed by atoms with Gasteiger partial charge in [-0.05, 0) is 12.5 Å². The average Bonchev–Trinajstić information content (AvgIpc) is 2.29. The summed E-state index contributed by atoms with van der Waals surface area (Å²) in [4.78, 5) is 11.6. The van der Waals surface area contributed by atoms with E-state index in [1.165, 1.54) is 0 Å². The molecule has 0 radical (unpaired) electrons. The molecule has 0 fully saturated rings. The van der Waals surface area contributed by atoms with Gasteiger partial charge in [-0.25, -0.2) is 0 Å². The van der Waals surface area contributed by atoms with Gasteiger partial charge in [-0.1, -0.05) is 37.3 Å². The first kappa shape index (κ1) is 11.7. The predicted octanol–water partition coefficient (Wildman–Crippen LogP) is 1.46. The molecule has 0 heterocycles. The molecule has 0 saturated carbocycles. The van der Waals surface area contributed by atoms with Crippen molar-refractivity contribution in [2.24, 2.45) is 11.7 Å². The van der Waals surface area contributed by atoms with E-state index in [9.17, 15) is 4.79 Å². The number of carbonyl (C=O) groups is 1. The normalized spacial score (nSPS) is 14.3. The Hall–Kier alpha value is -1.35. The Morgan fingerprint density at radius 2 is 1.93 bits per heavy atom. The maximum atomic E-state index is 11.6. The van der Waals surface area contributed by atoms with Crippen molar-refractivity contribution in [1.82, 2.24) is 5.32 Å². The average molecular weight is 206 g/mol. The summed E-state index contributed by atoms with van der Waals surface area (Å²) in [7, 11) is 0. The minimum Gasteiger partial charge on any atom is -0.349 e. The standard InChI is InChI=1S/C12H18N2O/c1-9(8-13)12(15)14-10(2)11-6-4-3-5-7-11/h3-7,9-10H,8,13H2,1-2H3,(H,14,15)/t9-,10+/m1/s1. The van der Waals surface area contributed by atoms with E-state index in [1.807, 2.05) is 44.2 Å². The van der Waals surface area contributed by atoms with E-state index in [2.05, 4.69) is 5.32 Å². The molecule has 0 unspecified atom stereocenters. The van der Waals surface area contributed by atoms with Gasteiger partial charge in [0.05, 0.1) is 6.04 Å². The van der Waals surface area contributed by atoms with E-state index in [1.54, 1.807) is 0 Å². The molecular formula is C12H18N2O. The number of nitrogens with two attached hydrogens (primary N) is 1. The van der Waals surface area contributed by atoms with Crippen LogP contribution in [0.3, 0.4) is 0 Å². The van der Waals surface area contributed by atoms with Gasteiger partial charge >= 0.3 is 0 Å². The number of hydrogen-bond acceptors (Lipinski definition) is 2. The molecule has 15 heavy (non-hydrogen) atoms. The van der Waals surface area contributed by atoms with E-state index < -0.39 is 0 Å². The zero-order valence-corrected chi connectivity index (χ0v) is 9.23. The number of amides is 1. The van der Waals surface area contributed by atoms with Gasteiger partial charge in [-0.3, -0.25) is 4.79 Å². The summed E-state index contributed by atoms with van der Waals surface area (Å²) in [6.07, 6.45) is 0. The summed E-state index contributed by atoms with van der Waals surface area (Å²) < 4.78 is 0. The maximum Gasteiger partial charge on any atom is 0.224 e. The largest absolute Gasteiger partial charge is 0.349 e. The summed E-state index contributed by atoms with van der Waals surface area (Å²) in [6.45, 7) is 4.18. The second-order valence-corrected chi connectivity index (χ2v) is 3.78. The quantitative estimate of drug-likeness (QED) is 0.783. The van der Waals surface area contributed by atoms with Crippen molar-refractivity contribution in [1.29, 1.82) is 0 Å². The topological polar surface area (TPSA) is 55.1 Å². The van der Waals surface area contributed by atoms with Crippen molar-refractivity contribution in [2.75, 3.05) is 6.54 Å². The molecule has 82 valence electrons. The van der Waals surface area contributed by atoms with Gasteiger partial charge in [0.15, 0.2) is 0 Å². The minimum absolute atomic E-state index is 0.00820. The van der Waals surface area contributed by atoms with Crippen LogP contribution in [0.1, 0.15) is 25.5 Å². The lowest BCUT2D eigenvalue weighted by Crippen LogP contribution is -2.34. The second kappa shape index (κ2) is 5.51. The number of nitrogens with one attached hydrogen (secondary N) is 1. The number of hydrogen-bond donors (Lipinski definition) is 2. The van der Waals surface area contributed by atoms with Crippen molar-refractivity contribution in [3.63, 3.8) is 0 Å². The van der Waals surface area contributed by atoms with Crippen LogP contribution in [-0.2, 0) is 4.79 Å². The van der Waals surface area contributed by atoms with Gasteiger partial charge in [0, 0.05) is 12.5 Å². The van der Waals surface area contributed by atoms with Gasteiger partial charge in [-0.2, -0.15) is 0 Å². The lowest BCUT2D eigenvalue weighted by Gasteiger charge is -2.16. The van der Waals surface area contributed by atoms with E-state index in [0.717, 1.165) is 5.56 Å². The van der Waals surface area contributed by atoms with Crippen LogP contribution >= 0.6 is 0 Å². The summed E-state index contributed by atoms with van der Waals surface area (Å²) >= 11 is 0. The summed E-state index contributed by atoms with van der Waals surface area (Å²) in [6, 6.07) is 9.92. The molecule has 3 heteroatoms. The molecule has 3 nitrogen and oxygen atoms in total. The first-order valence-electron chi connectivity index (χ1n) is 5.20. The second-order valence-electron chi connectivity index (χ2n) is 3.78. The fourth-order valence-corrected chi connectivity index (χ4v) is 1.29. The van der Waals surface area contributed by atoms with E-state index in [-0.39, 0.29) is 17.9 Å². The highest BCUT2D eigenvalue weighted by atomic mass is 16.1. The first-order valence-corrected chi connectivity index (χ1v) is 5.20. The monoisotopic (exact) mass is 206 g/mol. The lowest BCUT2D eigenvalue weighted by atomic mass is 10.1. The van der Waals surface area contributed by atoms with Gasteiger partial charge in [0.2, 0.25) is 5.91 Å². The van der Waals surface area contributed by atoms with Gasteiger partial charge in [0.25, 0.3) is 0 Å². The van der Waals surface area contributed by atoms with E-state index in [4.69, 9.17) is 5.73 Å². The predicted molar refractivity (Wildman–Crippen MR) is 61.2 cm³/mol. The highest BCUT2D eigenvalue weighted by Crippen LogP contribution is 2.11. The molecule has 0 bridgehead atoms. The number of benzene rings is 1. The smallest absolute Gasteiger partial charge is 0.224 e. The number of carbonyl (C=O) groups excluding carboxylic acids is 1. The molecule has 0 aliphatic heterocycles. The van der Waals surface area contributed by atoms with Crippen molar-refractivity contribution in [3.05, 3.63) is 35.9 Å². The maximum absolute atomic E-state index is 11.6. The molecule has 2 atom stereocenters. The van der Waals surface area contributed by atoms with Crippen LogP contribution in [0.15, 0.2) is 30.3 Å². The number of rotatable bonds is 4. The summed E-state index contributed by atoms with van der Waals surface area (Å²) in [5, 5.41) is 2.93. The van der Waals surface area contributed by atoms with E-state index in [0.29, 0.717) is 6.54 Å². The van der Waals surface area contributed by atoms with Crippen LogP contribution in [0, 0.1) is 5.92 Å². The molecule has 0 saturated heterocycles. The van der Waals surface area contributed by atoms with Crippen LogP contribution in [-0.4, -0.2) is 12.5 Å². The Balaban J connectivity index is 2.56. The third-order valence-electron chi connectivity index (χ3n) is 2.46. The van der Waals surface area contributed by atoms with Crippen molar-refractivity contribution < 1.29 is 4.79 Å². The zero-order valence-electron chi connectivity index (χ0n) is 9.23. The minimum atomic E-state index is -0.129. The third-order valence-corrected chi connectivity index (χ3v) is 2.46. The Morgan fingerprint density at radius 1 is 1.33 bits per heavy atom. The molecule has 1 aromatic carbocycles. The van der Waals surface area contributed by atoms with Crippen LogP contribution in [0.25, 0.3) is 0 Å². The molecular weight excluding hydrogens is 188 g/mol. The fourth-order valence-electron chi connectivity index (χ4n) is 1.29. The van der Waals surface area contributed by atoms with Crippen LogP contribution in [0.5, 0.6) is 0 Å². The highest BCUT2D eigenvalue weighted by Gasteiger charge is 2.14. The molecule has 1 aromatic rings. The highest BCUT2D eigenvalue weighted by molar-refractivity contribution is 5.78. The van der Waals surface area contributed by atoms with Crippen LogP contribution in [0.2, 0.25) is 0 Å². The molecule has 0 aromatic heterocycles. The lowest BCUT2D eigenvalue weighted by molar-refractivity contribution is -0.124. The zero-order chi connectivity index (χ0) is 11.3. The van der Waals surface area contributed by atoms with Crippen molar-refractivity contribution in [2.45, 2.75) is 19.9 Å². The Labute approximate surface area is 90.7 Å². The van der Waals surface area contributed by atoms with Gasteiger partial charge in [0.1, 0.15) is 0 Å². The Kier molecular flexibility index (Phi) is 4.31.